The summed E-state index contributed by atoms with van der Waals surface area (Å²) in [6.07, 6.45) is 1.75. The Hall–Kier alpha value is -0.840. The van der Waals surface area contributed by atoms with Gasteiger partial charge in [0.15, 0.2) is 5.69 Å². The van der Waals surface area contributed by atoms with E-state index in [1.54, 1.807) is 11.6 Å². The minimum Gasteiger partial charge on any atom is -0.476 e. The summed E-state index contributed by atoms with van der Waals surface area (Å²) in [4.78, 5) is 14.9. The van der Waals surface area contributed by atoms with Gasteiger partial charge in [0.05, 0.1) is 0 Å². The smallest absolute Gasteiger partial charge is 0.355 e. The topological polar surface area (TPSA) is 55.1 Å². The van der Waals surface area contributed by atoms with Crippen LogP contribution >= 0.6 is 15.9 Å². The van der Waals surface area contributed by atoms with Crippen LogP contribution in [0.3, 0.4) is 0 Å². The van der Waals surface area contributed by atoms with Gasteiger partial charge in [0.2, 0.25) is 0 Å². The molecule has 0 aliphatic rings. The molecule has 72 valence electrons. The molecule has 0 amide bonds. The lowest BCUT2D eigenvalue weighted by molar-refractivity contribution is 0.0685. The van der Waals surface area contributed by atoms with Crippen LogP contribution in [-0.4, -0.2) is 20.6 Å². The fourth-order valence-electron chi connectivity index (χ4n) is 1.19. The first kappa shape index (κ1) is 10.2. The average molecular weight is 247 g/mol. The molecule has 0 saturated heterocycles. The Bertz CT molecular complexity index is 333. The molecule has 0 aliphatic carbocycles. The van der Waals surface area contributed by atoms with Crippen LogP contribution in [0.1, 0.15) is 29.7 Å². The first-order valence-corrected chi connectivity index (χ1v) is 4.81. The molecular formula is C8H11BrN2O2. The molecule has 1 aromatic rings. The Morgan fingerprint density at radius 3 is 2.69 bits per heavy atom. The van der Waals surface area contributed by atoms with E-state index < -0.39 is 5.97 Å². The Labute approximate surface area is 84.7 Å². The van der Waals surface area contributed by atoms with Gasteiger partial charge in [-0.1, -0.05) is 6.92 Å². The molecule has 0 bridgehead atoms. The van der Waals surface area contributed by atoms with Crippen molar-refractivity contribution in [1.82, 2.24) is 9.55 Å². The highest BCUT2D eigenvalue weighted by molar-refractivity contribution is 9.10. The van der Waals surface area contributed by atoms with E-state index in [4.69, 9.17) is 5.11 Å². The minimum atomic E-state index is -0.954. The van der Waals surface area contributed by atoms with Crippen LogP contribution in [0.5, 0.6) is 0 Å². The van der Waals surface area contributed by atoms with Crippen molar-refractivity contribution in [3.8, 4) is 0 Å². The Morgan fingerprint density at radius 1 is 1.69 bits per heavy atom. The molecule has 5 heteroatoms. The van der Waals surface area contributed by atoms with Crippen molar-refractivity contribution < 1.29 is 9.90 Å². The Balaban J connectivity index is 3.14. The van der Waals surface area contributed by atoms with Gasteiger partial charge in [-0.25, -0.2) is 9.78 Å². The van der Waals surface area contributed by atoms with E-state index in [1.165, 1.54) is 0 Å². The maximum atomic E-state index is 10.8. The number of carboxylic acids is 1. The maximum absolute atomic E-state index is 10.8. The number of halogens is 1. The third-order valence-electron chi connectivity index (χ3n) is 1.82. The molecule has 13 heavy (non-hydrogen) atoms. The molecule has 0 radical (unpaired) electrons. The van der Waals surface area contributed by atoms with Crippen LogP contribution in [0.25, 0.3) is 0 Å². The third kappa shape index (κ3) is 1.91. The van der Waals surface area contributed by atoms with Crippen molar-refractivity contribution in [3.63, 3.8) is 0 Å². The quantitative estimate of drug-likeness (QED) is 0.886. The number of rotatable bonds is 3. The van der Waals surface area contributed by atoms with Gasteiger partial charge < -0.3 is 9.67 Å². The number of imidazole rings is 1. The molecule has 0 atom stereocenters. The van der Waals surface area contributed by atoms with Crippen LogP contribution in [0.4, 0.5) is 0 Å². The summed E-state index contributed by atoms with van der Waals surface area (Å²) in [6, 6.07) is 0. The van der Waals surface area contributed by atoms with Gasteiger partial charge in [-0.3, -0.25) is 0 Å². The predicted molar refractivity (Wildman–Crippen MR) is 51.9 cm³/mol. The molecule has 0 unspecified atom stereocenters. The molecular weight excluding hydrogens is 236 g/mol. The molecule has 0 fully saturated rings. The number of carboxylic acid groups (broad SMARTS) is 1. The number of aromatic carboxylic acids is 1. The van der Waals surface area contributed by atoms with Crippen LogP contribution in [-0.2, 0) is 13.5 Å². The highest BCUT2D eigenvalue weighted by Gasteiger charge is 2.17. The number of hydrogen-bond acceptors (Lipinski definition) is 2. The van der Waals surface area contributed by atoms with Crippen LogP contribution in [0.2, 0.25) is 0 Å². The lowest BCUT2D eigenvalue weighted by atomic mass is 10.3. The Kier molecular flexibility index (Phi) is 3.08. The molecule has 0 spiro atoms. The van der Waals surface area contributed by atoms with Crippen molar-refractivity contribution in [2.45, 2.75) is 19.8 Å². The van der Waals surface area contributed by atoms with Gasteiger partial charge in [-0.15, -0.1) is 0 Å². The number of carbonyl (C=O) groups is 1. The number of hydrogen-bond donors (Lipinski definition) is 1. The molecule has 1 heterocycles. The zero-order chi connectivity index (χ0) is 10.0. The highest BCUT2D eigenvalue weighted by atomic mass is 79.9. The normalized spacial score (nSPS) is 10.4. The van der Waals surface area contributed by atoms with E-state index in [2.05, 4.69) is 20.9 Å². The third-order valence-corrected chi connectivity index (χ3v) is 2.37. The summed E-state index contributed by atoms with van der Waals surface area (Å²) in [5.74, 6) is -0.156. The molecule has 1 aromatic heterocycles. The van der Waals surface area contributed by atoms with E-state index in [9.17, 15) is 4.79 Å². The summed E-state index contributed by atoms with van der Waals surface area (Å²) in [6.45, 7) is 2.03. The second-order valence-corrected chi connectivity index (χ2v) is 3.53. The van der Waals surface area contributed by atoms with Crippen molar-refractivity contribution in [2.24, 2.45) is 7.05 Å². The fraction of sp³-hybridized carbons (Fsp3) is 0.500. The minimum absolute atomic E-state index is 0.212. The molecule has 0 aromatic carbocycles. The summed E-state index contributed by atoms with van der Waals surface area (Å²) < 4.78 is 2.02. The maximum Gasteiger partial charge on any atom is 0.355 e. The van der Waals surface area contributed by atoms with Crippen LogP contribution in [0.15, 0.2) is 4.60 Å². The average Bonchev–Trinajstić information content (AvgIpc) is 2.28. The van der Waals surface area contributed by atoms with Gasteiger partial charge in [0.1, 0.15) is 10.4 Å². The van der Waals surface area contributed by atoms with Crippen molar-refractivity contribution >= 4 is 21.9 Å². The SMILES string of the molecule is CCCc1nc(Br)c(C(=O)O)n1C. The Morgan fingerprint density at radius 2 is 2.31 bits per heavy atom. The van der Waals surface area contributed by atoms with Crippen molar-refractivity contribution in [2.75, 3.05) is 0 Å². The van der Waals surface area contributed by atoms with Crippen molar-refractivity contribution in [1.29, 1.82) is 0 Å². The van der Waals surface area contributed by atoms with Crippen LogP contribution in [0, 0.1) is 0 Å². The fourth-order valence-corrected chi connectivity index (χ4v) is 1.83. The van der Waals surface area contributed by atoms with Gasteiger partial charge in [0.25, 0.3) is 0 Å². The number of nitrogens with zero attached hydrogens (tertiary/aromatic N) is 2. The summed E-state index contributed by atoms with van der Waals surface area (Å²) in [7, 11) is 1.71. The second-order valence-electron chi connectivity index (χ2n) is 2.78. The van der Waals surface area contributed by atoms with Gasteiger partial charge in [0, 0.05) is 13.5 Å². The molecule has 1 N–H and O–H groups in total. The van der Waals surface area contributed by atoms with E-state index >= 15 is 0 Å². The summed E-state index contributed by atoms with van der Waals surface area (Å²) in [5, 5.41) is 8.84. The largest absolute Gasteiger partial charge is 0.476 e. The molecule has 1 rings (SSSR count). The zero-order valence-corrected chi connectivity index (χ0v) is 9.13. The zero-order valence-electron chi connectivity index (χ0n) is 7.54. The van der Waals surface area contributed by atoms with E-state index in [0.29, 0.717) is 4.60 Å². The van der Waals surface area contributed by atoms with E-state index in [0.717, 1.165) is 18.7 Å². The van der Waals surface area contributed by atoms with E-state index in [1.807, 2.05) is 6.92 Å². The number of aromatic nitrogens is 2. The highest BCUT2D eigenvalue weighted by Crippen LogP contribution is 2.17. The molecule has 0 aliphatic heterocycles. The van der Waals surface area contributed by atoms with Crippen molar-refractivity contribution in [3.05, 3.63) is 16.1 Å². The summed E-state index contributed by atoms with van der Waals surface area (Å²) >= 11 is 3.13. The first-order valence-electron chi connectivity index (χ1n) is 4.02. The monoisotopic (exact) mass is 246 g/mol. The summed E-state index contributed by atoms with van der Waals surface area (Å²) in [5.41, 5.74) is 0.212. The lowest BCUT2D eigenvalue weighted by Gasteiger charge is -2.00. The predicted octanol–water partition coefficient (Wildman–Crippen LogP) is 1.83. The molecule has 4 nitrogen and oxygen atoms in total. The first-order chi connectivity index (χ1) is 6.07. The second kappa shape index (κ2) is 3.91. The lowest BCUT2D eigenvalue weighted by Crippen LogP contribution is -2.07. The molecule has 0 saturated carbocycles. The standard InChI is InChI=1S/C8H11BrN2O2/c1-3-4-5-10-7(9)6(8(12)13)11(5)2/h3-4H2,1-2H3,(H,12,13). The van der Waals surface area contributed by atoms with Gasteiger partial charge in [-0.2, -0.15) is 0 Å². The van der Waals surface area contributed by atoms with E-state index in [-0.39, 0.29) is 5.69 Å². The van der Waals surface area contributed by atoms with Gasteiger partial charge >= 0.3 is 5.97 Å². The van der Waals surface area contributed by atoms with Gasteiger partial charge in [-0.05, 0) is 22.4 Å². The van der Waals surface area contributed by atoms with Crippen LogP contribution < -0.4 is 0 Å². The number of aryl methyl sites for hydroxylation is 1.